The minimum absolute atomic E-state index is 0.169. The van der Waals surface area contributed by atoms with Crippen LogP contribution in [0.5, 0.6) is 0 Å². The van der Waals surface area contributed by atoms with Crippen LogP contribution in [-0.2, 0) is 16.2 Å². The molecule has 0 radical (unpaired) electrons. The van der Waals surface area contributed by atoms with Crippen molar-refractivity contribution in [3.05, 3.63) is 281 Å². The Morgan fingerprint density at radius 3 is 1.28 bits per heavy atom. The molecule has 340 valence electrons. The minimum atomic E-state index is -0.492. The lowest BCUT2D eigenvalue weighted by molar-refractivity contribution is 0.660. The van der Waals surface area contributed by atoms with E-state index in [1.54, 1.807) is 0 Å². The second-order valence-electron chi connectivity index (χ2n) is 21.5. The van der Waals surface area contributed by atoms with Crippen LogP contribution in [0.25, 0.3) is 77.5 Å². The molecule has 1 heteroatoms. The highest BCUT2D eigenvalue weighted by Gasteiger charge is 2.53. The van der Waals surface area contributed by atoms with Crippen molar-refractivity contribution in [3.8, 4) is 66.8 Å². The molecular formula is C71H51N. The van der Waals surface area contributed by atoms with Crippen molar-refractivity contribution in [2.45, 2.75) is 43.9 Å². The summed E-state index contributed by atoms with van der Waals surface area (Å²) in [7, 11) is 0. The smallest absolute Gasteiger partial charge is 0.0731 e. The monoisotopic (exact) mass is 917 g/mol. The van der Waals surface area contributed by atoms with Crippen LogP contribution in [0, 0.1) is 0 Å². The molecule has 0 saturated carbocycles. The number of rotatable bonds is 5. The maximum Gasteiger partial charge on any atom is 0.0731 e. The predicted molar refractivity (Wildman–Crippen MR) is 301 cm³/mol. The zero-order chi connectivity index (χ0) is 48.1. The lowest BCUT2D eigenvalue weighted by atomic mass is 9.68. The van der Waals surface area contributed by atoms with Gasteiger partial charge in [-0.15, -0.1) is 0 Å². The third-order valence-electron chi connectivity index (χ3n) is 17.3. The molecule has 72 heavy (non-hydrogen) atoms. The number of hydrogen-bond acceptors (Lipinski definition) is 1. The van der Waals surface area contributed by atoms with Crippen LogP contribution >= 0.6 is 0 Å². The maximum absolute atomic E-state index is 2.58. The Kier molecular flexibility index (Phi) is 8.46. The van der Waals surface area contributed by atoms with Crippen molar-refractivity contribution >= 4 is 27.8 Å². The van der Waals surface area contributed by atoms with Gasteiger partial charge in [-0.3, -0.25) is 0 Å². The zero-order valence-corrected chi connectivity index (χ0v) is 41.0. The van der Waals surface area contributed by atoms with E-state index in [1.807, 2.05) is 0 Å². The summed E-state index contributed by atoms with van der Waals surface area (Å²) in [5.41, 5.74) is 28.9. The fourth-order valence-corrected chi connectivity index (χ4v) is 14.0. The van der Waals surface area contributed by atoms with Gasteiger partial charge in [-0.05, 0) is 153 Å². The number of anilines is 3. The Balaban J connectivity index is 0.987. The molecular weight excluding hydrogens is 867 g/mol. The number of benzene rings is 11. The van der Waals surface area contributed by atoms with Gasteiger partial charge in [0.1, 0.15) is 0 Å². The van der Waals surface area contributed by atoms with Crippen LogP contribution in [0.15, 0.2) is 237 Å². The molecule has 0 aliphatic heterocycles. The van der Waals surface area contributed by atoms with E-state index in [4.69, 9.17) is 0 Å². The van der Waals surface area contributed by atoms with E-state index in [0.717, 1.165) is 17.1 Å². The summed E-state index contributed by atoms with van der Waals surface area (Å²) in [4.78, 5) is 2.58. The Morgan fingerprint density at radius 1 is 0.278 bits per heavy atom. The number of hydrogen-bond donors (Lipinski definition) is 0. The van der Waals surface area contributed by atoms with Crippen LogP contribution in [0.1, 0.15) is 72.2 Å². The Morgan fingerprint density at radius 2 is 0.681 bits per heavy atom. The molecule has 1 spiro atoms. The Labute approximate surface area is 422 Å². The van der Waals surface area contributed by atoms with Crippen molar-refractivity contribution in [3.63, 3.8) is 0 Å². The van der Waals surface area contributed by atoms with Gasteiger partial charge >= 0.3 is 0 Å². The molecule has 0 fully saturated rings. The Hall–Kier alpha value is -8.52. The van der Waals surface area contributed by atoms with Crippen molar-refractivity contribution in [1.82, 2.24) is 0 Å². The molecule has 0 amide bonds. The highest BCUT2D eigenvalue weighted by Crippen LogP contribution is 2.65. The standard InChI is InChI=1S/C71H51N/c1-69(2)59-30-12-8-23-49(59)54-39-36-47(42-64(54)69)72(48-37-40-55-53-38-35-46(44-19-6-5-7-20-44)41-63(53)70(3,4)65(55)43-48)66-34-17-22-45-21-16-27-56(67(45)66)58-29-18-28-57-52-26-11-15-33-62(52)71(68(57)58)60-31-13-9-24-50(60)51-25-10-14-32-61(51)71/h5-43H,1-4H3. The van der Waals surface area contributed by atoms with E-state index in [2.05, 4.69) is 269 Å². The molecule has 0 atom stereocenters. The summed E-state index contributed by atoms with van der Waals surface area (Å²) in [6.07, 6.45) is 0. The molecule has 4 aliphatic rings. The van der Waals surface area contributed by atoms with Gasteiger partial charge in [-0.25, -0.2) is 0 Å². The second kappa shape index (κ2) is 14.8. The first-order valence-electron chi connectivity index (χ1n) is 25.6. The van der Waals surface area contributed by atoms with Crippen LogP contribution in [0.4, 0.5) is 17.1 Å². The predicted octanol–water partition coefficient (Wildman–Crippen LogP) is 18.6. The van der Waals surface area contributed by atoms with E-state index in [0.29, 0.717) is 0 Å². The van der Waals surface area contributed by atoms with Crippen molar-refractivity contribution in [2.75, 3.05) is 4.90 Å². The van der Waals surface area contributed by atoms with Gasteiger partial charge in [0.15, 0.2) is 0 Å². The molecule has 1 nitrogen and oxygen atoms in total. The highest BCUT2D eigenvalue weighted by atomic mass is 15.1. The average Bonchev–Trinajstić information content (AvgIpc) is 4.06. The largest absolute Gasteiger partial charge is 0.310 e. The van der Waals surface area contributed by atoms with Gasteiger partial charge in [-0.2, -0.15) is 0 Å². The minimum Gasteiger partial charge on any atom is -0.310 e. The van der Waals surface area contributed by atoms with Gasteiger partial charge in [0.2, 0.25) is 0 Å². The fraction of sp³-hybridized carbons (Fsp3) is 0.0986. The quantitative estimate of drug-likeness (QED) is 0.166. The lowest BCUT2D eigenvalue weighted by Crippen LogP contribution is -2.26. The number of nitrogens with zero attached hydrogens (tertiary/aromatic N) is 1. The van der Waals surface area contributed by atoms with Crippen molar-refractivity contribution in [2.24, 2.45) is 0 Å². The summed E-state index contributed by atoms with van der Waals surface area (Å²) in [5, 5.41) is 2.44. The summed E-state index contributed by atoms with van der Waals surface area (Å²) < 4.78 is 0. The van der Waals surface area contributed by atoms with Gasteiger partial charge in [0, 0.05) is 27.6 Å². The molecule has 15 rings (SSSR count). The molecule has 0 aromatic heterocycles. The highest BCUT2D eigenvalue weighted by molar-refractivity contribution is 6.10. The third-order valence-corrected chi connectivity index (χ3v) is 17.3. The van der Waals surface area contributed by atoms with Gasteiger partial charge in [-0.1, -0.05) is 228 Å². The van der Waals surface area contributed by atoms with Crippen molar-refractivity contribution in [1.29, 1.82) is 0 Å². The summed E-state index contributed by atoms with van der Waals surface area (Å²) in [6.45, 7) is 9.61. The van der Waals surface area contributed by atoms with E-state index in [1.165, 1.54) is 122 Å². The molecule has 0 unspecified atom stereocenters. The molecule has 0 N–H and O–H groups in total. The molecule has 0 bridgehead atoms. The van der Waals surface area contributed by atoms with Crippen LogP contribution in [-0.4, -0.2) is 0 Å². The second-order valence-corrected chi connectivity index (χ2v) is 21.5. The molecule has 11 aromatic rings. The van der Waals surface area contributed by atoms with E-state index >= 15 is 0 Å². The average molecular weight is 918 g/mol. The third kappa shape index (κ3) is 5.38. The fourth-order valence-electron chi connectivity index (χ4n) is 14.0. The van der Waals surface area contributed by atoms with E-state index < -0.39 is 5.41 Å². The van der Waals surface area contributed by atoms with Gasteiger partial charge in [0.25, 0.3) is 0 Å². The van der Waals surface area contributed by atoms with Gasteiger partial charge in [0.05, 0.1) is 11.1 Å². The van der Waals surface area contributed by atoms with Crippen LogP contribution in [0.3, 0.4) is 0 Å². The first-order chi connectivity index (χ1) is 35.2. The molecule has 0 heterocycles. The number of fused-ring (bicyclic) bond motifs is 17. The first kappa shape index (κ1) is 41.3. The molecule has 11 aromatic carbocycles. The van der Waals surface area contributed by atoms with E-state index in [9.17, 15) is 0 Å². The Bertz CT molecular complexity index is 4040. The normalized spacial score (nSPS) is 15.0. The maximum atomic E-state index is 2.58. The lowest BCUT2D eigenvalue weighted by Gasteiger charge is -2.33. The summed E-state index contributed by atoms with van der Waals surface area (Å²) in [6, 6.07) is 89.8. The molecule has 0 saturated heterocycles. The SMILES string of the molecule is CC1(C)c2ccccc2-c2ccc(N(c3ccc4c(c3)C(C)(C)c3cc(-c5ccccc5)ccc3-4)c3cccc4cccc(-c5cccc6c5C5(c7ccccc7-c7ccccc75)c5ccccc5-6)c34)cc21. The first-order valence-corrected chi connectivity index (χ1v) is 25.6. The summed E-state index contributed by atoms with van der Waals surface area (Å²) in [5.74, 6) is 0. The van der Waals surface area contributed by atoms with Crippen molar-refractivity contribution < 1.29 is 0 Å². The zero-order valence-electron chi connectivity index (χ0n) is 41.0. The summed E-state index contributed by atoms with van der Waals surface area (Å²) >= 11 is 0. The molecule has 4 aliphatic carbocycles. The van der Waals surface area contributed by atoms with Gasteiger partial charge < -0.3 is 4.90 Å². The van der Waals surface area contributed by atoms with Crippen LogP contribution < -0.4 is 4.90 Å². The van der Waals surface area contributed by atoms with Crippen LogP contribution in [0.2, 0.25) is 0 Å². The topological polar surface area (TPSA) is 3.24 Å². The van der Waals surface area contributed by atoms with E-state index in [-0.39, 0.29) is 10.8 Å².